The highest BCUT2D eigenvalue weighted by atomic mass is 16.2. The summed E-state index contributed by atoms with van der Waals surface area (Å²) in [6.45, 7) is 9.32. The Morgan fingerprint density at radius 2 is 2.20 bits per heavy atom. The van der Waals surface area contributed by atoms with E-state index in [1.165, 1.54) is 10.9 Å². The van der Waals surface area contributed by atoms with Crippen molar-refractivity contribution in [2.24, 2.45) is 11.3 Å². The highest BCUT2D eigenvalue weighted by Gasteiger charge is 2.20. The number of nitrogens with zero attached hydrogens (tertiary/aromatic N) is 2. The molecule has 0 spiro atoms. The molecule has 1 atom stereocenters. The second kappa shape index (κ2) is 4.47. The first-order valence-corrected chi connectivity index (χ1v) is 5.17. The smallest absolute Gasteiger partial charge is 0.326 e. The minimum Gasteiger partial charge on any atom is -0.337 e. The molecule has 1 heterocycles. The SMILES string of the molecule is CC(CNC(=O)n1ccnc1)C(C)(C)C. The Labute approximate surface area is 90.7 Å². The lowest BCUT2D eigenvalue weighted by Gasteiger charge is -2.27. The van der Waals surface area contributed by atoms with Crippen LogP contribution in [0.3, 0.4) is 0 Å². The zero-order chi connectivity index (χ0) is 11.5. The Morgan fingerprint density at radius 3 is 2.67 bits per heavy atom. The monoisotopic (exact) mass is 209 g/mol. The number of aromatic nitrogens is 2. The lowest BCUT2D eigenvalue weighted by Crippen LogP contribution is -2.35. The number of nitrogens with one attached hydrogen (secondary N) is 1. The highest BCUT2D eigenvalue weighted by Crippen LogP contribution is 2.24. The van der Waals surface area contributed by atoms with E-state index in [1.807, 2.05) is 0 Å². The van der Waals surface area contributed by atoms with Crippen molar-refractivity contribution in [1.82, 2.24) is 14.9 Å². The topological polar surface area (TPSA) is 46.9 Å². The Morgan fingerprint density at radius 1 is 1.53 bits per heavy atom. The number of carbonyl (C=O) groups excluding carboxylic acids is 1. The number of imidazole rings is 1. The molecule has 0 saturated carbocycles. The van der Waals surface area contributed by atoms with Crippen LogP contribution in [0.5, 0.6) is 0 Å². The van der Waals surface area contributed by atoms with Crippen molar-refractivity contribution in [3.05, 3.63) is 18.7 Å². The zero-order valence-electron chi connectivity index (χ0n) is 9.82. The maximum absolute atomic E-state index is 11.5. The summed E-state index contributed by atoms with van der Waals surface area (Å²) in [6, 6.07) is -0.122. The van der Waals surface area contributed by atoms with Gasteiger partial charge in [0.1, 0.15) is 6.33 Å². The van der Waals surface area contributed by atoms with Gasteiger partial charge >= 0.3 is 6.03 Å². The predicted molar refractivity (Wildman–Crippen MR) is 59.6 cm³/mol. The summed E-state index contributed by atoms with van der Waals surface area (Å²) in [6.07, 6.45) is 4.72. The molecular formula is C11H19N3O. The van der Waals surface area contributed by atoms with Gasteiger partial charge in [-0.05, 0) is 11.3 Å². The number of rotatable bonds is 2. The van der Waals surface area contributed by atoms with Crippen molar-refractivity contribution in [1.29, 1.82) is 0 Å². The average Bonchev–Trinajstić information content (AvgIpc) is 2.64. The fraction of sp³-hybridized carbons (Fsp3) is 0.636. The minimum absolute atomic E-state index is 0.122. The standard InChI is InChI=1S/C11H19N3O/c1-9(11(2,3)4)7-13-10(15)14-6-5-12-8-14/h5-6,8-9H,7H2,1-4H3,(H,13,15). The summed E-state index contributed by atoms with van der Waals surface area (Å²) >= 11 is 0. The van der Waals surface area contributed by atoms with E-state index in [2.05, 4.69) is 38.0 Å². The Kier molecular flexibility index (Phi) is 3.50. The van der Waals surface area contributed by atoms with Crippen molar-refractivity contribution in [3.63, 3.8) is 0 Å². The molecule has 0 aromatic carbocycles. The van der Waals surface area contributed by atoms with E-state index in [0.717, 1.165) is 0 Å². The van der Waals surface area contributed by atoms with Crippen LogP contribution in [0.2, 0.25) is 0 Å². The van der Waals surface area contributed by atoms with Gasteiger partial charge < -0.3 is 5.32 Å². The van der Waals surface area contributed by atoms with E-state index in [1.54, 1.807) is 12.4 Å². The van der Waals surface area contributed by atoms with Gasteiger partial charge in [-0.2, -0.15) is 0 Å². The molecular weight excluding hydrogens is 190 g/mol. The average molecular weight is 209 g/mol. The summed E-state index contributed by atoms with van der Waals surface area (Å²) in [4.78, 5) is 15.4. The number of amides is 1. The molecule has 0 radical (unpaired) electrons. The molecule has 1 aromatic heterocycles. The molecule has 0 aliphatic heterocycles. The van der Waals surface area contributed by atoms with Gasteiger partial charge in [-0.1, -0.05) is 27.7 Å². The van der Waals surface area contributed by atoms with E-state index < -0.39 is 0 Å². The van der Waals surface area contributed by atoms with Crippen molar-refractivity contribution < 1.29 is 4.79 Å². The molecule has 4 nitrogen and oxygen atoms in total. The number of hydrogen-bond donors (Lipinski definition) is 1. The lowest BCUT2D eigenvalue weighted by molar-refractivity contribution is 0.226. The first-order valence-electron chi connectivity index (χ1n) is 5.17. The molecule has 4 heteroatoms. The van der Waals surface area contributed by atoms with Gasteiger partial charge in [0.15, 0.2) is 0 Å². The second-order valence-corrected chi connectivity index (χ2v) is 4.92. The summed E-state index contributed by atoms with van der Waals surface area (Å²) < 4.78 is 1.44. The van der Waals surface area contributed by atoms with Gasteiger partial charge in [0.25, 0.3) is 0 Å². The molecule has 15 heavy (non-hydrogen) atoms. The maximum atomic E-state index is 11.5. The molecule has 1 amide bonds. The van der Waals surface area contributed by atoms with E-state index >= 15 is 0 Å². The van der Waals surface area contributed by atoms with Crippen LogP contribution >= 0.6 is 0 Å². The highest BCUT2D eigenvalue weighted by molar-refractivity contribution is 5.76. The van der Waals surface area contributed by atoms with Crippen molar-refractivity contribution in [2.45, 2.75) is 27.7 Å². The number of hydrogen-bond acceptors (Lipinski definition) is 2. The first kappa shape index (κ1) is 11.8. The van der Waals surface area contributed by atoms with Crippen molar-refractivity contribution in [2.75, 3.05) is 6.54 Å². The van der Waals surface area contributed by atoms with Gasteiger partial charge in [0.2, 0.25) is 0 Å². The Bertz CT molecular complexity index is 311. The van der Waals surface area contributed by atoms with Crippen LogP contribution in [-0.2, 0) is 0 Å². The quantitative estimate of drug-likeness (QED) is 0.811. The van der Waals surface area contributed by atoms with Gasteiger partial charge in [0, 0.05) is 18.9 Å². The molecule has 0 aliphatic carbocycles. The third-order valence-corrected chi connectivity index (χ3v) is 2.78. The summed E-state index contributed by atoms with van der Waals surface area (Å²) in [5.41, 5.74) is 0.211. The van der Waals surface area contributed by atoms with Crippen LogP contribution < -0.4 is 5.32 Å². The molecule has 1 N–H and O–H groups in total. The third kappa shape index (κ3) is 3.38. The van der Waals surface area contributed by atoms with Crippen molar-refractivity contribution >= 4 is 6.03 Å². The fourth-order valence-corrected chi connectivity index (χ4v) is 1.02. The van der Waals surface area contributed by atoms with E-state index in [4.69, 9.17) is 0 Å². The van der Waals surface area contributed by atoms with Crippen molar-refractivity contribution in [3.8, 4) is 0 Å². The number of carbonyl (C=O) groups is 1. The Hall–Kier alpha value is -1.32. The molecule has 0 saturated heterocycles. The van der Waals surface area contributed by atoms with Gasteiger partial charge in [-0.3, -0.25) is 4.57 Å². The van der Waals surface area contributed by atoms with Crippen LogP contribution in [0.25, 0.3) is 0 Å². The second-order valence-electron chi connectivity index (χ2n) is 4.92. The summed E-state index contributed by atoms with van der Waals surface area (Å²) in [7, 11) is 0. The molecule has 1 unspecified atom stereocenters. The largest absolute Gasteiger partial charge is 0.337 e. The van der Waals surface area contributed by atoms with Gasteiger partial charge in [-0.15, -0.1) is 0 Å². The summed E-state index contributed by atoms with van der Waals surface area (Å²) in [5, 5.41) is 2.88. The van der Waals surface area contributed by atoms with E-state index in [9.17, 15) is 4.79 Å². The van der Waals surface area contributed by atoms with Crippen LogP contribution in [-0.4, -0.2) is 22.1 Å². The molecule has 0 bridgehead atoms. The van der Waals surface area contributed by atoms with Crippen LogP contribution in [0.1, 0.15) is 27.7 Å². The third-order valence-electron chi connectivity index (χ3n) is 2.78. The summed E-state index contributed by atoms with van der Waals surface area (Å²) in [5.74, 6) is 0.435. The molecule has 0 fully saturated rings. The van der Waals surface area contributed by atoms with Crippen LogP contribution in [0.15, 0.2) is 18.7 Å². The normalized spacial score (nSPS) is 13.6. The first-order chi connectivity index (χ1) is 6.91. The maximum Gasteiger partial charge on any atom is 0.326 e. The molecule has 84 valence electrons. The minimum atomic E-state index is -0.122. The Balaban J connectivity index is 2.42. The van der Waals surface area contributed by atoms with Crippen LogP contribution in [0.4, 0.5) is 4.79 Å². The predicted octanol–water partition coefficient (Wildman–Crippen LogP) is 2.12. The van der Waals surface area contributed by atoms with E-state index in [-0.39, 0.29) is 11.4 Å². The van der Waals surface area contributed by atoms with E-state index in [0.29, 0.717) is 12.5 Å². The zero-order valence-corrected chi connectivity index (χ0v) is 9.82. The van der Waals surface area contributed by atoms with Crippen LogP contribution in [0, 0.1) is 11.3 Å². The molecule has 1 rings (SSSR count). The molecule has 1 aromatic rings. The molecule has 0 aliphatic rings. The fourth-order valence-electron chi connectivity index (χ4n) is 1.02. The van der Waals surface area contributed by atoms with Gasteiger partial charge in [0.05, 0.1) is 0 Å². The van der Waals surface area contributed by atoms with Gasteiger partial charge in [-0.25, -0.2) is 9.78 Å². The lowest BCUT2D eigenvalue weighted by atomic mass is 9.82.